The largest absolute Gasteiger partial charge is 0.478 e. The molecular formula is C13H19NO3. The molecule has 4 nitrogen and oxygen atoms in total. The highest BCUT2D eigenvalue weighted by Gasteiger charge is 2.19. The van der Waals surface area contributed by atoms with Crippen LogP contribution in [0.5, 0.6) is 0 Å². The van der Waals surface area contributed by atoms with Crippen LogP contribution in [0.2, 0.25) is 0 Å². The highest BCUT2D eigenvalue weighted by atomic mass is 16.5. The van der Waals surface area contributed by atoms with Crippen molar-refractivity contribution in [3.63, 3.8) is 0 Å². The van der Waals surface area contributed by atoms with Crippen molar-refractivity contribution in [1.82, 2.24) is 4.90 Å². The van der Waals surface area contributed by atoms with Gasteiger partial charge in [0.1, 0.15) is 0 Å². The first kappa shape index (κ1) is 13.7. The second kappa shape index (κ2) is 6.37. The Morgan fingerprint density at radius 3 is 2.82 bits per heavy atom. The number of aliphatic carboxylic acids is 1. The van der Waals surface area contributed by atoms with Crippen molar-refractivity contribution in [3.05, 3.63) is 36.5 Å². The van der Waals surface area contributed by atoms with E-state index in [1.165, 1.54) is 12.2 Å². The summed E-state index contributed by atoms with van der Waals surface area (Å²) in [6.07, 6.45) is 4.04. The van der Waals surface area contributed by atoms with E-state index in [0.29, 0.717) is 12.2 Å². The molecule has 1 atom stereocenters. The Balaban J connectivity index is 2.39. The molecule has 0 aromatic carbocycles. The summed E-state index contributed by atoms with van der Waals surface area (Å²) in [6, 6.07) is 0. The Morgan fingerprint density at radius 2 is 2.35 bits per heavy atom. The molecule has 1 fully saturated rings. The summed E-state index contributed by atoms with van der Waals surface area (Å²) in [5.41, 5.74) is 0.791. The molecule has 0 spiro atoms. The van der Waals surface area contributed by atoms with Crippen molar-refractivity contribution in [1.29, 1.82) is 0 Å². The maximum absolute atomic E-state index is 10.7. The van der Waals surface area contributed by atoms with Gasteiger partial charge < -0.3 is 14.7 Å². The molecule has 1 saturated heterocycles. The standard InChI is InChI=1S/C13H19NO3/c1-4-11(13(15)16)7-10(2)9-17-12-5-6-14(3)8-12/h4,7,12H,1-2,5-6,8-9H2,3H3,(H,15,16)/b11-7+. The molecule has 17 heavy (non-hydrogen) atoms. The zero-order chi connectivity index (χ0) is 12.8. The number of likely N-dealkylation sites (N-methyl/N-ethyl adjacent to an activating group) is 1. The molecule has 0 bridgehead atoms. The van der Waals surface area contributed by atoms with E-state index in [2.05, 4.69) is 25.1 Å². The second-order valence-electron chi connectivity index (χ2n) is 4.25. The first-order valence-corrected chi connectivity index (χ1v) is 5.58. The van der Waals surface area contributed by atoms with Gasteiger partial charge in [-0.25, -0.2) is 4.79 Å². The minimum Gasteiger partial charge on any atom is -0.478 e. The number of ether oxygens (including phenoxy) is 1. The number of carboxylic acid groups (broad SMARTS) is 1. The SMILES string of the molecule is C=C/C(=C\C(=C)COC1CCN(C)C1)C(=O)O. The number of nitrogens with zero attached hydrogens (tertiary/aromatic N) is 1. The summed E-state index contributed by atoms with van der Waals surface area (Å²) in [5.74, 6) is -0.998. The lowest BCUT2D eigenvalue weighted by Crippen LogP contribution is -2.19. The summed E-state index contributed by atoms with van der Waals surface area (Å²) >= 11 is 0. The molecule has 1 aliphatic heterocycles. The Morgan fingerprint density at radius 1 is 1.65 bits per heavy atom. The molecule has 0 aromatic heterocycles. The number of carbonyl (C=O) groups is 1. The lowest BCUT2D eigenvalue weighted by molar-refractivity contribution is -0.132. The van der Waals surface area contributed by atoms with E-state index < -0.39 is 5.97 Å². The highest BCUT2D eigenvalue weighted by Crippen LogP contribution is 2.12. The van der Waals surface area contributed by atoms with Crippen LogP contribution in [0.4, 0.5) is 0 Å². The van der Waals surface area contributed by atoms with Crippen LogP contribution in [-0.4, -0.2) is 48.8 Å². The fraction of sp³-hybridized carbons (Fsp3) is 0.462. The van der Waals surface area contributed by atoms with Gasteiger partial charge in [-0.1, -0.05) is 19.2 Å². The number of rotatable bonds is 6. The predicted octanol–water partition coefficient (Wildman–Crippen LogP) is 1.46. The van der Waals surface area contributed by atoms with Gasteiger partial charge in [0.05, 0.1) is 18.3 Å². The molecule has 0 aromatic rings. The fourth-order valence-corrected chi connectivity index (χ4v) is 1.73. The number of carboxylic acids is 1. The number of hydrogen-bond acceptors (Lipinski definition) is 3. The van der Waals surface area contributed by atoms with Gasteiger partial charge in [-0.05, 0) is 25.1 Å². The van der Waals surface area contributed by atoms with Crippen LogP contribution in [0, 0.1) is 0 Å². The molecule has 94 valence electrons. The van der Waals surface area contributed by atoms with Gasteiger partial charge in [0.25, 0.3) is 0 Å². The fourth-order valence-electron chi connectivity index (χ4n) is 1.73. The molecule has 1 N–H and O–H groups in total. The van der Waals surface area contributed by atoms with Crippen LogP contribution < -0.4 is 0 Å². The summed E-state index contributed by atoms with van der Waals surface area (Å²) in [6.45, 7) is 9.55. The molecule has 0 aliphatic carbocycles. The maximum Gasteiger partial charge on any atom is 0.335 e. The van der Waals surface area contributed by atoms with Crippen LogP contribution in [-0.2, 0) is 9.53 Å². The third kappa shape index (κ3) is 4.54. The van der Waals surface area contributed by atoms with E-state index in [-0.39, 0.29) is 11.7 Å². The summed E-state index contributed by atoms with van der Waals surface area (Å²) in [4.78, 5) is 12.9. The number of likely N-dealkylation sites (tertiary alicyclic amines) is 1. The topological polar surface area (TPSA) is 49.8 Å². The summed E-state index contributed by atoms with van der Waals surface area (Å²) in [7, 11) is 2.05. The van der Waals surface area contributed by atoms with Gasteiger partial charge in [-0.15, -0.1) is 0 Å². The minimum absolute atomic E-state index is 0.141. The van der Waals surface area contributed by atoms with Crippen LogP contribution in [0.25, 0.3) is 0 Å². The van der Waals surface area contributed by atoms with Gasteiger partial charge in [0, 0.05) is 13.1 Å². The van der Waals surface area contributed by atoms with Crippen molar-refractivity contribution in [2.45, 2.75) is 12.5 Å². The van der Waals surface area contributed by atoms with E-state index in [9.17, 15) is 4.79 Å². The molecule has 1 unspecified atom stereocenters. The average molecular weight is 237 g/mol. The molecule has 0 amide bonds. The smallest absolute Gasteiger partial charge is 0.335 e. The Labute approximate surface area is 102 Å². The van der Waals surface area contributed by atoms with Gasteiger partial charge in [0.2, 0.25) is 0 Å². The first-order chi connectivity index (χ1) is 8.02. The van der Waals surface area contributed by atoms with Crippen molar-refractivity contribution < 1.29 is 14.6 Å². The van der Waals surface area contributed by atoms with E-state index in [1.54, 1.807) is 0 Å². The van der Waals surface area contributed by atoms with Gasteiger partial charge in [0.15, 0.2) is 0 Å². The summed E-state index contributed by atoms with van der Waals surface area (Å²) < 4.78 is 5.65. The second-order valence-corrected chi connectivity index (χ2v) is 4.25. The third-order valence-corrected chi connectivity index (χ3v) is 2.68. The Kier molecular flexibility index (Phi) is 5.12. The highest BCUT2D eigenvalue weighted by molar-refractivity contribution is 5.90. The van der Waals surface area contributed by atoms with Crippen LogP contribution in [0.1, 0.15) is 6.42 Å². The lowest BCUT2D eigenvalue weighted by atomic mass is 10.2. The molecule has 1 aliphatic rings. The van der Waals surface area contributed by atoms with Crippen molar-refractivity contribution in [2.75, 3.05) is 26.7 Å². The number of hydrogen-bond donors (Lipinski definition) is 1. The van der Waals surface area contributed by atoms with E-state index >= 15 is 0 Å². The quantitative estimate of drug-likeness (QED) is 0.561. The molecule has 0 radical (unpaired) electrons. The molecule has 0 saturated carbocycles. The van der Waals surface area contributed by atoms with Crippen molar-refractivity contribution in [2.24, 2.45) is 0 Å². The summed E-state index contributed by atoms with van der Waals surface area (Å²) in [5, 5.41) is 8.81. The minimum atomic E-state index is -0.998. The molecule has 4 heteroatoms. The lowest BCUT2D eigenvalue weighted by Gasteiger charge is -2.12. The van der Waals surface area contributed by atoms with Gasteiger partial charge in [-0.3, -0.25) is 0 Å². The van der Waals surface area contributed by atoms with E-state index in [4.69, 9.17) is 9.84 Å². The molecule has 1 rings (SSSR count). The Hall–Kier alpha value is -1.39. The van der Waals surface area contributed by atoms with Crippen LogP contribution in [0.3, 0.4) is 0 Å². The van der Waals surface area contributed by atoms with Crippen LogP contribution in [0.15, 0.2) is 36.5 Å². The Bertz CT molecular complexity index is 347. The zero-order valence-corrected chi connectivity index (χ0v) is 10.2. The third-order valence-electron chi connectivity index (χ3n) is 2.68. The zero-order valence-electron chi connectivity index (χ0n) is 10.2. The molecule has 1 heterocycles. The van der Waals surface area contributed by atoms with Gasteiger partial charge >= 0.3 is 5.97 Å². The van der Waals surface area contributed by atoms with Gasteiger partial charge in [-0.2, -0.15) is 0 Å². The predicted molar refractivity (Wildman–Crippen MR) is 66.9 cm³/mol. The normalized spacial score (nSPS) is 21.5. The van der Waals surface area contributed by atoms with E-state index in [0.717, 1.165) is 19.5 Å². The average Bonchev–Trinajstić information content (AvgIpc) is 2.68. The monoisotopic (exact) mass is 237 g/mol. The van der Waals surface area contributed by atoms with E-state index in [1.807, 2.05) is 0 Å². The van der Waals surface area contributed by atoms with Crippen molar-refractivity contribution in [3.8, 4) is 0 Å². The van der Waals surface area contributed by atoms with Crippen molar-refractivity contribution >= 4 is 5.97 Å². The molecular weight excluding hydrogens is 218 g/mol. The maximum atomic E-state index is 10.7. The van der Waals surface area contributed by atoms with Crippen LogP contribution >= 0.6 is 0 Å². The first-order valence-electron chi connectivity index (χ1n) is 5.58.